The first-order chi connectivity index (χ1) is 11.5. The van der Waals surface area contributed by atoms with Crippen LogP contribution in [0, 0.1) is 0 Å². The van der Waals surface area contributed by atoms with Gasteiger partial charge in [-0.05, 0) is 12.1 Å². The fourth-order valence-electron chi connectivity index (χ4n) is 2.01. The van der Waals surface area contributed by atoms with Gasteiger partial charge in [-0.25, -0.2) is 0 Å². The molecule has 0 aliphatic heterocycles. The van der Waals surface area contributed by atoms with Crippen LogP contribution in [-0.4, -0.2) is 42.9 Å². The predicted molar refractivity (Wildman–Crippen MR) is 84.2 cm³/mol. The molecule has 2 rings (SSSR count). The third-order valence-electron chi connectivity index (χ3n) is 3.18. The van der Waals surface area contributed by atoms with Crippen molar-refractivity contribution in [1.29, 1.82) is 0 Å². The molecule has 2 aromatic rings. The summed E-state index contributed by atoms with van der Waals surface area (Å²) in [5, 5.41) is 3.88. The van der Waals surface area contributed by atoms with Gasteiger partial charge in [0.05, 0.1) is 33.1 Å². The second kappa shape index (κ2) is 7.36. The molecule has 0 radical (unpaired) electrons. The minimum absolute atomic E-state index is 0.232. The van der Waals surface area contributed by atoms with Gasteiger partial charge in [0, 0.05) is 18.8 Å². The van der Waals surface area contributed by atoms with Gasteiger partial charge in [0.15, 0.2) is 11.5 Å². The Kier molecular flexibility index (Phi) is 5.25. The number of hydrogen-bond acceptors (Lipinski definition) is 6. The number of carbonyl (C=O) groups excluding carboxylic acids is 2. The molecule has 0 spiro atoms. The van der Waals surface area contributed by atoms with Crippen LogP contribution in [0.2, 0.25) is 0 Å². The first-order valence-corrected chi connectivity index (χ1v) is 6.89. The van der Waals surface area contributed by atoms with Crippen LogP contribution in [0.15, 0.2) is 24.5 Å². The largest absolute Gasteiger partial charge is 0.493 e. The fourth-order valence-corrected chi connectivity index (χ4v) is 2.01. The van der Waals surface area contributed by atoms with Crippen molar-refractivity contribution in [2.24, 2.45) is 7.05 Å². The molecule has 1 aromatic heterocycles. The maximum absolute atomic E-state index is 12.2. The molecule has 9 heteroatoms. The second-order valence-corrected chi connectivity index (χ2v) is 4.72. The van der Waals surface area contributed by atoms with Crippen LogP contribution in [0.25, 0.3) is 0 Å². The standard InChI is InChI=1S/C15H18N4O5/c1-19-8-10(7-16-19)15(21)18-17-14(20)9-5-11(22-2)13(24-4)12(6-9)23-3/h5-8H,1-4H3,(H,17,20)(H,18,21). The molecule has 24 heavy (non-hydrogen) atoms. The number of hydrazine groups is 1. The number of rotatable bonds is 5. The van der Waals surface area contributed by atoms with Gasteiger partial charge in [-0.1, -0.05) is 0 Å². The number of hydrogen-bond donors (Lipinski definition) is 2. The summed E-state index contributed by atoms with van der Waals surface area (Å²) in [5.74, 6) is 0.0208. The lowest BCUT2D eigenvalue weighted by Gasteiger charge is -2.14. The molecule has 1 aromatic carbocycles. The summed E-state index contributed by atoms with van der Waals surface area (Å²) in [5.41, 5.74) is 5.18. The van der Waals surface area contributed by atoms with Gasteiger partial charge in [-0.2, -0.15) is 5.10 Å². The topological polar surface area (TPSA) is 104 Å². The van der Waals surface area contributed by atoms with Crippen molar-refractivity contribution in [3.8, 4) is 17.2 Å². The predicted octanol–water partition coefficient (Wildman–Crippen LogP) is 0.521. The normalized spacial score (nSPS) is 10.0. The lowest BCUT2D eigenvalue weighted by atomic mass is 10.1. The molecule has 0 saturated heterocycles. The van der Waals surface area contributed by atoms with E-state index in [2.05, 4.69) is 16.0 Å². The van der Waals surface area contributed by atoms with Crippen molar-refractivity contribution < 1.29 is 23.8 Å². The molecule has 2 amide bonds. The molecule has 0 unspecified atom stereocenters. The average molecular weight is 334 g/mol. The zero-order valence-electron chi connectivity index (χ0n) is 13.7. The summed E-state index contributed by atoms with van der Waals surface area (Å²) < 4.78 is 17.0. The maximum Gasteiger partial charge on any atom is 0.272 e. The first-order valence-electron chi connectivity index (χ1n) is 6.89. The van der Waals surface area contributed by atoms with E-state index in [0.717, 1.165) is 0 Å². The average Bonchev–Trinajstić information content (AvgIpc) is 3.04. The number of nitrogens with one attached hydrogen (secondary N) is 2. The van der Waals surface area contributed by atoms with Gasteiger partial charge in [0.1, 0.15) is 0 Å². The van der Waals surface area contributed by atoms with Crippen LogP contribution in [-0.2, 0) is 7.05 Å². The van der Waals surface area contributed by atoms with Crippen molar-refractivity contribution in [2.45, 2.75) is 0 Å². The van der Waals surface area contributed by atoms with E-state index in [-0.39, 0.29) is 5.56 Å². The van der Waals surface area contributed by atoms with Crippen molar-refractivity contribution in [1.82, 2.24) is 20.6 Å². The van der Waals surface area contributed by atoms with Gasteiger partial charge in [0.25, 0.3) is 11.8 Å². The monoisotopic (exact) mass is 334 g/mol. The molecule has 0 bridgehead atoms. The van der Waals surface area contributed by atoms with Crippen LogP contribution in [0.5, 0.6) is 17.2 Å². The number of nitrogens with zero attached hydrogens (tertiary/aromatic N) is 2. The van der Waals surface area contributed by atoms with Crippen molar-refractivity contribution >= 4 is 11.8 Å². The number of methoxy groups -OCH3 is 3. The van der Waals surface area contributed by atoms with Crippen LogP contribution < -0.4 is 25.1 Å². The Morgan fingerprint density at radius 2 is 1.50 bits per heavy atom. The molecule has 0 aliphatic carbocycles. The quantitative estimate of drug-likeness (QED) is 0.773. The summed E-state index contributed by atoms with van der Waals surface area (Å²) in [6.07, 6.45) is 2.92. The van der Waals surface area contributed by atoms with E-state index in [1.807, 2.05) is 0 Å². The Morgan fingerprint density at radius 3 is 1.92 bits per heavy atom. The number of carbonyl (C=O) groups is 2. The fraction of sp³-hybridized carbons (Fsp3) is 0.267. The third kappa shape index (κ3) is 3.57. The Morgan fingerprint density at radius 1 is 0.958 bits per heavy atom. The Balaban J connectivity index is 2.13. The van der Waals surface area contributed by atoms with E-state index in [0.29, 0.717) is 22.8 Å². The molecule has 1 heterocycles. The highest BCUT2D eigenvalue weighted by molar-refractivity contribution is 5.99. The van der Waals surface area contributed by atoms with E-state index in [4.69, 9.17) is 14.2 Å². The molecule has 9 nitrogen and oxygen atoms in total. The van der Waals surface area contributed by atoms with Crippen LogP contribution in [0.4, 0.5) is 0 Å². The zero-order valence-corrected chi connectivity index (χ0v) is 13.7. The number of ether oxygens (including phenoxy) is 3. The smallest absolute Gasteiger partial charge is 0.272 e. The number of aryl methyl sites for hydroxylation is 1. The minimum Gasteiger partial charge on any atom is -0.493 e. The molecule has 128 valence electrons. The van der Waals surface area contributed by atoms with E-state index < -0.39 is 11.8 Å². The Bertz CT molecular complexity index is 731. The van der Waals surface area contributed by atoms with E-state index >= 15 is 0 Å². The van der Waals surface area contributed by atoms with Crippen LogP contribution in [0.3, 0.4) is 0 Å². The molecule has 0 saturated carbocycles. The van der Waals surface area contributed by atoms with E-state index in [9.17, 15) is 9.59 Å². The molecule has 0 fully saturated rings. The number of aromatic nitrogens is 2. The summed E-state index contributed by atoms with van der Waals surface area (Å²) in [4.78, 5) is 24.1. The highest BCUT2D eigenvalue weighted by atomic mass is 16.5. The second-order valence-electron chi connectivity index (χ2n) is 4.72. The van der Waals surface area contributed by atoms with Gasteiger partial charge in [-0.3, -0.25) is 25.1 Å². The highest BCUT2D eigenvalue weighted by Gasteiger charge is 2.17. The van der Waals surface area contributed by atoms with E-state index in [1.165, 1.54) is 50.5 Å². The van der Waals surface area contributed by atoms with Gasteiger partial charge >= 0.3 is 0 Å². The zero-order chi connectivity index (χ0) is 17.7. The lowest BCUT2D eigenvalue weighted by Crippen LogP contribution is -2.41. The minimum atomic E-state index is -0.536. The molecule has 2 N–H and O–H groups in total. The summed E-state index contributed by atoms with van der Waals surface area (Å²) >= 11 is 0. The summed E-state index contributed by atoms with van der Waals surface area (Å²) in [6, 6.07) is 2.96. The van der Waals surface area contributed by atoms with Crippen molar-refractivity contribution in [3.05, 3.63) is 35.7 Å². The van der Waals surface area contributed by atoms with Crippen molar-refractivity contribution in [3.63, 3.8) is 0 Å². The third-order valence-corrected chi connectivity index (χ3v) is 3.18. The van der Waals surface area contributed by atoms with Gasteiger partial charge in [0.2, 0.25) is 5.75 Å². The molecular weight excluding hydrogens is 316 g/mol. The first kappa shape index (κ1) is 17.1. The van der Waals surface area contributed by atoms with Crippen molar-refractivity contribution in [2.75, 3.05) is 21.3 Å². The Labute approximate surface area is 138 Å². The van der Waals surface area contributed by atoms with Crippen LogP contribution >= 0.6 is 0 Å². The highest BCUT2D eigenvalue weighted by Crippen LogP contribution is 2.38. The lowest BCUT2D eigenvalue weighted by molar-refractivity contribution is 0.0846. The Hall–Kier alpha value is -3.23. The number of amides is 2. The summed E-state index contributed by atoms with van der Waals surface area (Å²) in [6.45, 7) is 0. The SMILES string of the molecule is COc1cc(C(=O)NNC(=O)c2cnn(C)c2)cc(OC)c1OC. The molecule has 0 aliphatic rings. The number of benzene rings is 1. The molecular formula is C15H18N4O5. The molecule has 0 atom stereocenters. The summed E-state index contributed by atoms with van der Waals surface area (Å²) in [7, 11) is 6.05. The maximum atomic E-state index is 12.2. The van der Waals surface area contributed by atoms with Crippen LogP contribution in [0.1, 0.15) is 20.7 Å². The van der Waals surface area contributed by atoms with E-state index in [1.54, 1.807) is 7.05 Å². The van der Waals surface area contributed by atoms with Gasteiger partial charge in [-0.15, -0.1) is 0 Å². The van der Waals surface area contributed by atoms with Gasteiger partial charge < -0.3 is 14.2 Å².